The molecule has 6 nitrogen and oxygen atoms in total. The second kappa shape index (κ2) is 6.15. The van der Waals surface area contributed by atoms with Crippen LogP contribution >= 0.6 is 0 Å². The van der Waals surface area contributed by atoms with Gasteiger partial charge in [-0.2, -0.15) is 0 Å². The van der Waals surface area contributed by atoms with Crippen LogP contribution in [0.1, 0.15) is 23.8 Å². The molecule has 1 unspecified atom stereocenters. The van der Waals surface area contributed by atoms with Gasteiger partial charge < -0.3 is 15.3 Å². The highest BCUT2D eigenvalue weighted by Crippen LogP contribution is 2.05. The summed E-state index contributed by atoms with van der Waals surface area (Å²) in [6.07, 6.45) is 3.67. The lowest BCUT2D eigenvalue weighted by Crippen LogP contribution is -2.23. The molecule has 0 aliphatic heterocycles. The Balaban J connectivity index is 2.48. The minimum atomic E-state index is -1.07. The van der Waals surface area contributed by atoms with Crippen LogP contribution in [0, 0.1) is 0 Å². The van der Waals surface area contributed by atoms with Crippen molar-refractivity contribution in [1.29, 1.82) is 0 Å². The monoisotopic (exact) mass is 238 g/mol. The fourth-order valence-electron chi connectivity index (χ4n) is 1.29. The third-order valence-electron chi connectivity index (χ3n) is 2.27. The van der Waals surface area contributed by atoms with Crippen LogP contribution in [0.25, 0.3) is 0 Å². The molecule has 0 aromatic carbocycles. The van der Waals surface area contributed by atoms with Crippen LogP contribution in [0.15, 0.2) is 12.4 Å². The van der Waals surface area contributed by atoms with Crippen molar-refractivity contribution in [3.05, 3.63) is 18.1 Å². The number of hydrogen-bond acceptors (Lipinski definition) is 5. The van der Waals surface area contributed by atoms with Crippen LogP contribution in [0.4, 0.5) is 5.82 Å². The van der Waals surface area contributed by atoms with Crippen LogP contribution in [-0.2, 0) is 0 Å². The maximum Gasteiger partial charge on any atom is 0.356 e. The van der Waals surface area contributed by atoms with Gasteiger partial charge in [-0.25, -0.2) is 14.8 Å². The van der Waals surface area contributed by atoms with Crippen LogP contribution in [0.3, 0.4) is 0 Å². The second-order valence-electron chi connectivity index (χ2n) is 4.23. The van der Waals surface area contributed by atoms with Gasteiger partial charge in [0.2, 0.25) is 0 Å². The summed E-state index contributed by atoms with van der Waals surface area (Å²) in [5, 5.41) is 11.8. The summed E-state index contributed by atoms with van der Waals surface area (Å²) in [5.41, 5.74) is -0.0449. The fourth-order valence-corrected chi connectivity index (χ4v) is 1.29. The molecule has 1 heterocycles. The normalized spacial score (nSPS) is 12.5. The summed E-state index contributed by atoms with van der Waals surface area (Å²) in [6.45, 7) is 3.03. The Morgan fingerprint density at radius 3 is 2.65 bits per heavy atom. The van der Waals surface area contributed by atoms with Gasteiger partial charge in [-0.1, -0.05) is 0 Å². The van der Waals surface area contributed by atoms with E-state index in [-0.39, 0.29) is 11.7 Å². The van der Waals surface area contributed by atoms with Crippen LogP contribution in [0.5, 0.6) is 0 Å². The highest BCUT2D eigenvalue weighted by molar-refractivity contribution is 5.84. The predicted octanol–water partition coefficient (Wildman–Crippen LogP) is 0.927. The molecule has 94 valence electrons. The van der Waals surface area contributed by atoms with Crippen molar-refractivity contribution in [2.45, 2.75) is 19.4 Å². The molecular formula is C11H18N4O2. The van der Waals surface area contributed by atoms with E-state index in [0.29, 0.717) is 5.82 Å². The lowest BCUT2D eigenvalue weighted by molar-refractivity contribution is 0.0690. The average molecular weight is 238 g/mol. The summed E-state index contributed by atoms with van der Waals surface area (Å²) < 4.78 is 0. The van der Waals surface area contributed by atoms with Crippen molar-refractivity contribution in [1.82, 2.24) is 14.9 Å². The van der Waals surface area contributed by atoms with E-state index in [4.69, 9.17) is 5.11 Å². The van der Waals surface area contributed by atoms with Gasteiger partial charge in [0, 0.05) is 6.04 Å². The Morgan fingerprint density at radius 2 is 2.18 bits per heavy atom. The molecule has 0 aliphatic carbocycles. The molecule has 0 saturated heterocycles. The standard InChI is InChI=1S/C11H18N4O2/c1-8(4-5-15(2)3)14-10-7-12-9(6-13-10)11(16)17/h6-8H,4-5H2,1-3H3,(H,13,14)(H,16,17). The first kappa shape index (κ1) is 13.4. The number of hydrogen-bond donors (Lipinski definition) is 2. The molecule has 1 rings (SSSR count). The molecule has 0 spiro atoms. The summed E-state index contributed by atoms with van der Waals surface area (Å²) in [4.78, 5) is 20.5. The van der Waals surface area contributed by atoms with Crippen LogP contribution < -0.4 is 5.32 Å². The van der Waals surface area contributed by atoms with Gasteiger partial charge in [0.1, 0.15) is 5.82 Å². The smallest absolute Gasteiger partial charge is 0.356 e. The fraction of sp³-hybridized carbons (Fsp3) is 0.545. The van der Waals surface area contributed by atoms with Gasteiger partial charge >= 0.3 is 5.97 Å². The summed E-state index contributed by atoms with van der Waals surface area (Å²) in [5.74, 6) is -0.467. The lowest BCUT2D eigenvalue weighted by Gasteiger charge is -2.16. The Morgan fingerprint density at radius 1 is 1.47 bits per heavy atom. The van der Waals surface area contributed by atoms with Gasteiger partial charge in [-0.3, -0.25) is 0 Å². The molecule has 1 aromatic rings. The minimum absolute atomic E-state index is 0.0449. The Labute approximate surface area is 101 Å². The number of nitrogens with one attached hydrogen (secondary N) is 1. The Hall–Kier alpha value is -1.69. The number of carboxylic acid groups (broad SMARTS) is 1. The van der Waals surface area contributed by atoms with E-state index in [9.17, 15) is 4.79 Å². The van der Waals surface area contributed by atoms with Crippen molar-refractivity contribution in [2.75, 3.05) is 26.0 Å². The molecule has 0 radical (unpaired) electrons. The van der Waals surface area contributed by atoms with E-state index in [2.05, 4.69) is 27.1 Å². The average Bonchev–Trinajstić information content (AvgIpc) is 2.27. The van der Waals surface area contributed by atoms with E-state index in [1.165, 1.54) is 12.4 Å². The predicted molar refractivity (Wildman–Crippen MR) is 65.2 cm³/mol. The minimum Gasteiger partial charge on any atom is -0.476 e. The number of aromatic carboxylic acids is 1. The molecule has 17 heavy (non-hydrogen) atoms. The number of carboxylic acids is 1. The topological polar surface area (TPSA) is 78.4 Å². The maximum atomic E-state index is 10.6. The molecule has 0 fully saturated rings. The number of rotatable bonds is 6. The zero-order valence-electron chi connectivity index (χ0n) is 10.3. The maximum absolute atomic E-state index is 10.6. The largest absolute Gasteiger partial charge is 0.476 e. The molecule has 1 aromatic heterocycles. The molecule has 0 bridgehead atoms. The van der Waals surface area contributed by atoms with E-state index >= 15 is 0 Å². The van der Waals surface area contributed by atoms with Crippen LogP contribution in [0.2, 0.25) is 0 Å². The molecular weight excluding hydrogens is 220 g/mol. The summed E-state index contributed by atoms with van der Waals surface area (Å²) in [6, 6.07) is 0.266. The number of nitrogens with zero attached hydrogens (tertiary/aromatic N) is 3. The molecule has 2 N–H and O–H groups in total. The molecule has 0 saturated carbocycles. The van der Waals surface area contributed by atoms with E-state index < -0.39 is 5.97 Å². The molecule has 0 amide bonds. The first-order valence-corrected chi connectivity index (χ1v) is 5.45. The Kier molecular flexibility index (Phi) is 4.84. The molecule has 1 atom stereocenters. The SMILES string of the molecule is CC(CCN(C)C)Nc1cnc(C(=O)O)cn1. The molecule has 6 heteroatoms. The number of anilines is 1. The van der Waals surface area contributed by atoms with Crippen molar-refractivity contribution in [3.63, 3.8) is 0 Å². The Bertz CT molecular complexity index is 364. The van der Waals surface area contributed by atoms with E-state index in [1.807, 2.05) is 14.1 Å². The van der Waals surface area contributed by atoms with Gasteiger partial charge in [0.25, 0.3) is 0 Å². The van der Waals surface area contributed by atoms with Gasteiger partial charge in [0.05, 0.1) is 12.4 Å². The number of carbonyl (C=O) groups is 1. The van der Waals surface area contributed by atoms with Gasteiger partial charge in [0.15, 0.2) is 5.69 Å². The highest BCUT2D eigenvalue weighted by Gasteiger charge is 2.07. The van der Waals surface area contributed by atoms with Crippen molar-refractivity contribution in [2.24, 2.45) is 0 Å². The van der Waals surface area contributed by atoms with Gasteiger partial charge in [-0.15, -0.1) is 0 Å². The summed E-state index contributed by atoms with van der Waals surface area (Å²) in [7, 11) is 4.04. The zero-order chi connectivity index (χ0) is 12.8. The van der Waals surface area contributed by atoms with Crippen molar-refractivity contribution in [3.8, 4) is 0 Å². The van der Waals surface area contributed by atoms with Gasteiger partial charge in [-0.05, 0) is 34.0 Å². The van der Waals surface area contributed by atoms with Crippen LogP contribution in [-0.4, -0.2) is 52.6 Å². The number of aromatic nitrogens is 2. The quantitative estimate of drug-likeness (QED) is 0.767. The lowest BCUT2D eigenvalue weighted by atomic mass is 10.2. The molecule has 0 aliphatic rings. The van der Waals surface area contributed by atoms with E-state index in [1.54, 1.807) is 0 Å². The van der Waals surface area contributed by atoms with E-state index in [0.717, 1.165) is 13.0 Å². The highest BCUT2D eigenvalue weighted by atomic mass is 16.4. The third kappa shape index (κ3) is 4.78. The first-order valence-electron chi connectivity index (χ1n) is 5.45. The first-order chi connectivity index (χ1) is 7.99. The summed E-state index contributed by atoms with van der Waals surface area (Å²) >= 11 is 0. The van der Waals surface area contributed by atoms with Crippen molar-refractivity contribution < 1.29 is 9.90 Å². The second-order valence-corrected chi connectivity index (χ2v) is 4.23. The zero-order valence-corrected chi connectivity index (χ0v) is 10.3. The third-order valence-corrected chi connectivity index (χ3v) is 2.27. The van der Waals surface area contributed by atoms with Crippen molar-refractivity contribution >= 4 is 11.8 Å².